The van der Waals surface area contributed by atoms with Crippen LogP contribution in [0, 0.1) is 18.2 Å². The lowest BCUT2D eigenvalue weighted by Crippen LogP contribution is -2.62. The lowest BCUT2D eigenvalue weighted by molar-refractivity contribution is -0.00815. The first kappa shape index (κ1) is 23.4. The molecule has 2 aliphatic heterocycles. The van der Waals surface area contributed by atoms with Gasteiger partial charge in [0.25, 0.3) is 11.5 Å². The largest absolute Gasteiger partial charge is 0.371 e. The third kappa shape index (κ3) is 4.39. The topological polar surface area (TPSA) is 69.3 Å². The molecule has 37 heavy (non-hydrogen) atoms. The Morgan fingerprint density at radius 1 is 1.00 bits per heavy atom. The molecular formula is C30H29FN4O2. The van der Waals surface area contributed by atoms with E-state index in [1.165, 1.54) is 17.3 Å². The third-order valence-electron chi connectivity index (χ3n) is 7.97. The van der Waals surface area contributed by atoms with Gasteiger partial charge in [-0.1, -0.05) is 42.0 Å². The van der Waals surface area contributed by atoms with Gasteiger partial charge in [0.2, 0.25) is 0 Å². The van der Waals surface area contributed by atoms with E-state index in [9.17, 15) is 14.0 Å². The number of aromatic amines is 1. The van der Waals surface area contributed by atoms with Gasteiger partial charge < -0.3 is 9.80 Å². The summed E-state index contributed by atoms with van der Waals surface area (Å²) in [6.45, 7) is 5.37. The molecule has 188 valence electrons. The zero-order valence-corrected chi connectivity index (χ0v) is 20.8. The number of likely N-dealkylation sites (tertiary alicyclic amines) is 1. The van der Waals surface area contributed by atoms with Crippen molar-refractivity contribution in [3.05, 3.63) is 105 Å². The fourth-order valence-electron chi connectivity index (χ4n) is 5.73. The molecule has 6 rings (SSSR count). The van der Waals surface area contributed by atoms with Crippen LogP contribution in [0.2, 0.25) is 0 Å². The Hall–Kier alpha value is -4.00. The number of nitrogens with one attached hydrogen (secondary N) is 1. The number of hydrogen-bond acceptors (Lipinski definition) is 4. The van der Waals surface area contributed by atoms with E-state index in [2.05, 4.69) is 46.3 Å². The number of nitrogens with zero attached hydrogens (tertiary/aromatic N) is 3. The van der Waals surface area contributed by atoms with Gasteiger partial charge in [0.1, 0.15) is 5.82 Å². The fraction of sp³-hybridized carbons (Fsp3) is 0.300. The Morgan fingerprint density at radius 2 is 1.70 bits per heavy atom. The van der Waals surface area contributed by atoms with Crippen LogP contribution in [-0.2, 0) is 6.42 Å². The summed E-state index contributed by atoms with van der Waals surface area (Å²) in [5.74, 6) is -0.770. The van der Waals surface area contributed by atoms with Crippen LogP contribution < -0.4 is 10.5 Å². The van der Waals surface area contributed by atoms with Crippen molar-refractivity contribution in [2.24, 2.45) is 5.41 Å². The Morgan fingerprint density at radius 3 is 2.43 bits per heavy atom. The highest BCUT2D eigenvalue weighted by Crippen LogP contribution is 2.42. The van der Waals surface area contributed by atoms with Crippen LogP contribution in [0.3, 0.4) is 0 Å². The van der Waals surface area contributed by atoms with E-state index in [4.69, 9.17) is 0 Å². The predicted molar refractivity (Wildman–Crippen MR) is 143 cm³/mol. The monoisotopic (exact) mass is 496 g/mol. The first-order valence-corrected chi connectivity index (χ1v) is 12.8. The zero-order valence-electron chi connectivity index (χ0n) is 20.8. The molecular weight excluding hydrogens is 467 g/mol. The number of benzene rings is 3. The highest BCUT2D eigenvalue weighted by atomic mass is 19.1. The first-order valence-electron chi connectivity index (χ1n) is 12.8. The van der Waals surface area contributed by atoms with E-state index >= 15 is 0 Å². The molecule has 4 aromatic rings. The second-order valence-corrected chi connectivity index (χ2v) is 10.5. The van der Waals surface area contributed by atoms with Gasteiger partial charge in [-0.25, -0.2) is 9.49 Å². The molecule has 3 aromatic carbocycles. The van der Waals surface area contributed by atoms with Gasteiger partial charge in [-0.2, -0.15) is 5.10 Å². The van der Waals surface area contributed by atoms with Crippen molar-refractivity contribution in [1.82, 2.24) is 15.1 Å². The zero-order chi connectivity index (χ0) is 25.6. The molecule has 1 spiro atoms. The summed E-state index contributed by atoms with van der Waals surface area (Å²) < 4.78 is 14.8. The fourth-order valence-corrected chi connectivity index (χ4v) is 5.73. The summed E-state index contributed by atoms with van der Waals surface area (Å²) >= 11 is 0. The number of rotatable bonds is 4. The van der Waals surface area contributed by atoms with Crippen molar-refractivity contribution < 1.29 is 9.18 Å². The number of amides is 1. The summed E-state index contributed by atoms with van der Waals surface area (Å²) in [6.07, 6.45) is 2.44. The summed E-state index contributed by atoms with van der Waals surface area (Å²) in [4.78, 5) is 29.5. The van der Waals surface area contributed by atoms with Gasteiger partial charge in [-0.05, 0) is 55.7 Å². The lowest BCUT2D eigenvalue weighted by Gasteiger charge is -2.54. The molecule has 2 saturated heterocycles. The molecule has 2 aliphatic rings. The van der Waals surface area contributed by atoms with Gasteiger partial charge in [-0.3, -0.25) is 9.59 Å². The molecule has 7 heteroatoms. The maximum absolute atomic E-state index is 14.8. The summed E-state index contributed by atoms with van der Waals surface area (Å²) in [5, 5.41) is 8.07. The smallest absolute Gasteiger partial charge is 0.272 e. The van der Waals surface area contributed by atoms with Crippen LogP contribution in [0.1, 0.15) is 40.0 Å². The van der Waals surface area contributed by atoms with Gasteiger partial charge in [-0.15, -0.1) is 0 Å². The number of aryl methyl sites for hydroxylation is 1. The van der Waals surface area contributed by atoms with Crippen LogP contribution in [0.15, 0.2) is 71.5 Å². The minimum Gasteiger partial charge on any atom is -0.371 e. The van der Waals surface area contributed by atoms with Crippen molar-refractivity contribution >= 4 is 22.4 Å². The highest BCUT2D eigenvalue weighted by molar-refractivity contribution is 5.95. The number of halogens is 1. The number of piperidine rings is 1. The number of carbonyl (C=O) groups excluding carboxylic acids is 1. The molecule has 0 saturated carbocycles. The number of anilines is 1. The van der Waals surface area contributed by atoms with Crippen molar-refractivity contribution in [2.75, 3.05) is 31.1 Å². The standard InChI is InChI=1S/C30H29FN4O2/c1-20-6-9-22(10-7-20)34-14-12-30(13-15-34)18-35(19-30)29(37)25-16-21(8-11-26(25)31)17-27-23-4-2-3-5-24(23)28(36)33-32-27/h2-11,16H,12-15,17-19H2,1H3,(H,33,36). The van der Waals surface area contributed by atoms with Crippen molar-refractivity contribution in [3.8, 4) is 0 Å². The van der Waals surface area contributed by atoms with E-state index < -0.39 is 5.82 Å². The molecule has 0 unspecified atom stereocenters. The maximum Gasteiger partial charge on any atom is 0.272 e. The molecule has 0 atom stereocenters. The van der Waals surface area contributed by atoms with E-state index in [0.717, 1.165) is 36.9 Å². The van der Waals surface area contributed by atoms with E-state index in [0.29, 0.717) is 30.6 Å². The molecule has 1 amide bonds. The molecule has 0 bridgehead atoms. The Labute approximate surface area is 214 Å². The van der Waals surface area contributed by atoms with Crippen molar-refractivity contribution in [1.29, 1.82) is 0 Å². The first-order chi connectivity index (χ1) is 17.9. The van der Waals surface area contributed by atoms with Crippen LogP contribution in [0.4, 0.5) is 10.1 Å². The van der Waals surface area contributed by atoms with E-state index in [1.807, 2.05) is 18.2 Å². The molecule has 0 radical (unpaired) electrons. The second-order valence-electron chi connectivity index (χ2n) is 10.5. The van der Waals surface area contributed by atoms with Crippen molar-refractivity contribution in [2.45, 2.75) is 26.2 Å². The van der Waals surface area contributed by atoms with E-state index in [-0.39, 0.29) is 22.4 Å². The summed E-state index contributed by atoms with van der Waals surface area (Å²) in [6, 6.07) is 20.6. The lowest BCUT2D eigenvalue weighted by atomic mass is 9.71. The Bertz CT molecular complexity index is 1530. The molecule has 1 aromatic heterocycles. The number of aromatic nitrogens is 2. The van der Waals surface area contributed by atoms with Gasteiger partial charge in [0, 0.05) is 49.1 Å². The minimum absolute atomic E-state index is 0.0955. The normalized spacial score (nSPS) is 16.7. The van der Waals surface area contributed by atoms with Gasteiger partial charge in [0.15, 0.2) is 0 Å². The Balaban J connectivity index is 1.14. The number of hydrogen-bond donors (Lipinski definition) is 1. The number of fused-ring (bicyclic) bond motifs is 1. The molecule has 0 aliphatic carbocycles. The molecule has 6 nitrogen and oxygen atoms in total. The molecule has 1 N–H and O–H groups in total. The number of carbonyl (C=O) groups is 1. The SMILES string of the molecule is Cc1ccc(N2CCC3(CC2)CN(C(=O)c2cc(Cc4n[nH]c(=O)c5ccccc45)ccc2F)C3)cc1. The second kappa shape index (κ2) is 9.14. The third-order valence-corrected chi connectivity index (χ3v) is 7.97. The van der Waals surface area contributed by atoms with Crippen LogP contribution in [0.5, 0.6) is 0 Å². The maximum atomic E-state index is 14.8. The highest BCUT2D eigenvalue weighted by Gasteiger charge is 2.47. The van der Waals surface area contributed by atoms with Crippen LogP contribution in [-0.4, -0.2) is 47.2 Å². The number of H-pyrrole nitrogens is 1. The van der Waals surface area contributed by atoms with Crippen LogP contribution in [0.25, 0.3) is 10.8 Å². The summed E-state index contributed by atoms with van der Waals surface area (Å²) in [5.41, 5.74) is 3.94. The van der Waals surface area contributed by atoms with Gasteiger partial charge in [0.05, 0.1) is 16.6 Å². The van der Waals surface area contributed by atoms with Crippen molar-refractivity contribution in [3.63, 3.8) is 0 Å². The van der Waals surface area contributed by atoms with Crippen LogP contribution >= 0.6 is 0 Å². The minimum atomic E-state index is -0.511. The molecule has 2 fully saturated rings. The molecule has 3 heterocycles. The average Bonchev–Trinajstić information content (AvgIpc) is 2.90. The summed E-state index contributed by atoms with van der Waals surface area (Å²) in [7, 11) is 0. The van der Waals surface area contributed by atoms with E-state index in [1.54, 1.807) is 23.1 Å². The Kier molecular flexibility index (Phi) is 5.78. The average molecular weight is 497 g/mol. The van der Waals surface area contributed by atoms with Gasteiger partial charge >= 0.3 is 0 Å². The predicted octanol–water partition coefficient (Wildman–Crippen LogP) is 4.70. The quantitative estimate of drug-likeness (QED) is 0.445.